The van der Waals surface area contributed by atoms with Gasteiger partial charge in [0.1, 0.15) is 5.75 Å². The largest absolute Gasteiger partial charge is 0.496 e. The molecule has 2 N–H and O–H groups in total. The minimum atomic E-state index is -0.195. The molecule has 1 aromatic rings. The number of nitrogens with one attached hydrogen (secondary N) is 2. The van der Waals surface area contributed by atoms with E-state index in [4.69, 9.17) is 4.74 Å². The van der Waals surface area contributed by atoms with Crippen LogP contribution in [-0.2, 0) is 4.79 Å². The number of ether oxygens (including phenoxy) is 1. The average Bonchev–Trinajstić information content (AvgIpc) is 3.06. The molecular weight excluding hydrogens is 300 g/mol. The Morgan fingerprint density at radius 2 is 2.23 bits per heavy atom. The Hall–Kier alpha value is -1.53. The molecule has 1 aliphatic rings. The van der Waals surface area contributed by atoms with E-state index in [-0.39, 0.29) is 30.2 Å². The molecule has 1 heterocycles. The van der Waals surface area contributed by atoms with Crippen LogP contribution in [0.4, 0.5) is 0 Å². The third kappa shape index (κ3) is 4.01. The Balaban J connectivity index is 2.00. The number of Topliss-reactive ketones (excluding diaryl/α,β-unsaturated/α-hetero) is 1. The van der Waals surface area contributed by atoms with Crippen molar-refractivity contribution in [2.24, 2.45) is 0 Å². The van der Waals surface area contributed by atoms with Gasteiger partial charge in [-0.05, 0) is 29.7 Å². The highest BCUT2D eigenvalue weighted by atomic mass is 32.2. The first kappa shape index (κ1) is 16.8. The summed E-state index contributed by atoms with van der Waals surface area (Å²) < 4.78 is 5.32. The number of hydrogen-bond acceptors (Lipinski definition) is 5. The van der Waals surface area contributed by atoms with Crippen molar-refractivity contribution in [2.75, 3.05) is 25.3 Å². The fourth-order valence-corrected chi connectivity index (χ4v) is 3.26. The summed E-state index contributed by atoms with van der Waals surface area (Å²) >= 11 is 1.68. The number of ketones is 1. The lowest BCUT2D eigenvalue weighted by Gasteiger charge is -2.14. The van der Waals surface area contributed by atoms with Crippen LogP contribution < -0.4 is 15.4 Å². The van der Waals surface area contributed by atoms with Crippen LogP contribution in [0.15, 0.2) is 18.2 Å². The first-order chi connectivity index (χ1) is 10.5. The Labute approximate surface area is 135 Å². The molecule has 1 aliphatic heterocycles. The Kier molecular flexibility index (Phi) is 5.85. The molecule has 1 atom stereocenters. The standard InChI is InChI=1S/C16H22N2O3S/c1-10(2)12-6-11(4-5-15(12)21-3)14(19)7-17-16(20)13-8-22-9-18-13/h4-6,10,13,18H,7-9H2,1-3H3,(H,17,20). The first-order valence-corrected chi connectivity index (χ1v) is 8.48. The number of benzene rings is 1. The predicted molar refractivity (Wildman–Crippen MR) is 88.7 cm³/mol. The molecule has 1 aromatic carbocycles. The fourth-order valence-electron chi connectivity index (χ4n) is 2.32. The number of carbonyl (C=O) groups is 2. The highest BCUT2D eigenvalue weighted by molar-refractivity contribution is 7.99. The van der Waals surface area contributed by atoms with Crippen LogP contribution in [0.25, 0.3) is 0 Å². The molecule has 0 bridgehead atoms. The van der Waals surface area contributed by atoms with Gasteiger partial charge in [-0.15, -0.1) is 11.8 Å². The third-order valence-electron chi connectivity index (χ3n) is 3.63. The quantitative estimate of drug-likeness (QED) is 0.782. The summed E-state index contributed by atoms with van der Waals surface area (Å²) in [6.45, 7) is 4.13. The second kappa shape index (κ2) is 7.65. The minimum absolute atomic E-state index is 0.0194. The molecule has 1 amide bonds. The molecule has 22 heavy (non-hydrogen) atoms. The van der Waals surface area contributed by atoms with Crippen molar-refractivity contribution in [3.8, 4) is 5.75 Å². The van der Waals surface area contributed by atoms with Gasteiger partial charge < -0.3 is 10.1 Å². The minimum Gasteiger partial charge on any atom is -0.496 e. The number of amides is 1. The molecule has 0 aliphatic carbocycles. The number of rotatable bonds is 6. The Morgan fingerprint density at radius 1 is 1.45 bits per heavy atom. The van der Waals surface area contributed by atoms with Gasteiger partial charge in [-0.2, -0.15) is 0 Å². The zero-order valence-corrected chi connectivity index (χ0v) is 14.0. The smallest absolute Gasteiger partial charge is 0.238 e. The summed E-state index contributed by atoms with van der Waals surface area (Å²) in [7, 11) is 1.62. The van der Waals surface area contributed by atoms with Gasteiger partial charge in [0, 0.05) is 17.2 Å². The van der Waals surface area contributed by atoms with Crippen LogP contribution in [0.1, 0.15) is 35.7 Å². The zero-order chi connectivity index (χ0) is 16.1. The van der Waals surface area contributed by atoms with E-state index in [0.29, 0.717) is 5.56 Å². The molecule has 0 saturated carbocycles. The van der Waals surface area contributed by atoms with Crippen LogP contribution in [0.2, 0.25) is 0 Å². The molecule has 5 nitrogen and oxygen atoms in total. The van der Waals surface area contributed by atoms with Crippen LogP contribution in [0.5, 0.6) is 5.75 Å². The second-order valence-electron chi connectivity index (χ2n) is 5.52. The summed E-state index contributed by atoms with van der Waals surface area (Å²) in [5.41, 5.74) is 1.59. The van der Waals surface area contributed by atoms with E-state index in [9.17, 15) is 9.59 Å². The lowest BCUT2D eigenvalue weighted by molar-refractivity contribution is -0.122. The Bertz CT molecular complexity index is 554. The van der Waals surface area contributed by atoms with E-state index in [2.05, 4.69) is 24.5 Å². The van der Waals surface area contributed by atoms with Crippen molar-refractivity contribution in [1.82, 2.24) is 10.6 Å². The first-order valence-electron chi connectivity index (χ1n) is 7.33. The third-order valence-corrected chi connectivity index (χ3v) is 4.57. The van der Waals surface area contributed by atoms with Gasteiger partial charge in [0.2, 0.25) is 5.91 Å². The van der Waals surface area contributed by atoms with Crippen LogP contribution in [-0.4, -0.2) is 43.0 Å². The van der Waals surface area contributed by atoms with E-state index in [1.807, 2.05) is 6.07 Å². The van der Waals surface area contributed by atoms with Crippen molar-refractivity contribution >= 4 is 23.5 Å². The van der Waals surface area contributed by atoms with Crippen LogP contribution in [0.3, 0.4) is 0 Å². The van der Waals surface area contributed by atoms with Gasteiger partial charge in [-0.25, -0.2) is 0 Å². The van der Waals surface area contributed by atoms with Gasteiger partial charge in [-0.3, -0.25) is 14.9 Å². The topological polar surface area (TPSA) is 67.4 Å². The maximum absolute atomic E-state index is 12.3. The lowest BCUT2D eigenvalue weighted by atomic mass is 9.98. The molecule has 1 unspecified atom stereocenters. The van der Waals surface area contributed by atoms with Crippen molar-refractivity contribution < 1.29 is 14.3 Å². The SMILES string of the molecule is COc1ccc(C(=O)CNC(=O)C2CSCN2)cc1C(C)C. The summed E-state index contributed by atoms with van der Waals surface area (Å²) in [6, 6.07) is 5.20. The normalized spacial score (nSPS) is 17.5. The highest BCUT2D eigenvalue weighted by Gasteiger charge is 2.23. The van der Waals surface area contributed by atoms with Crippen molar-refractivity contribution in [3.63, 3.8) is 0 Å². The van der Waals surface area contributed by atoms with Gasteiger partial charge in [0.05, 0.1) is 19.7 Å². The molecule has 0 aromatic heterocycles. The molecule has 120 valence electrons. The molecule has 1 fully saturated rings. The summed E-state index contributed by atoms with van der Waals surface area (Å²) in [5.74, 6) is 2.36. The monoisotopic (exact) mass is 322 g/mol. The molecule has 1 saturated heterocycles. The van der Waals surface area contributed by atoms with Crippen molar-refractivity contribution in [3.05, 3.63) is 29.3 Å². The fraction of sp³-hybridized carbons (Fsp3) is 0.500. The van der Waals surface area contributed by atoms with Gasteiger partial charge in [0.25, 0.3) is 0 Å². The Morgan fingerprint density at radius 3 is 2.82 bits per heavy atom. The van der Waals surface area contributed by atoms with Crippen molar-refractivity contribution in [2.45, 2.75) is 25.8 Å². The maximum atomic E-state index is 12.3. The molecular formula is C16H22N2O3S. The molecule has 6 heteroatoms. The predicted octanol–water partition coefficient (Wildman–Crippen LogP) is 1.78. The van der Waals surface area contributed by atoms with Gasteiger partial charge >= 0.3 is 0 Å². The highest BCUT2D eigenvalue weighted by Crippen LogP contribution is 2.27. The lowest BCUT2D eigenvalue weighted by Crippen LogP contribution is -2.43. The van der Waals surface area contributed by atoms with E-state index in [1.54, 1.807) is 31.0 Å². The number of hydrogen-bond donors (Lipinski definition) is 2. The summed E-state index contributed by atoms with van der Waals surface area (Å²) in [6.07, 6.45) is 0. The summed E-state index contributed by atoms with van der Waals surface area (Å²) in [4.78, 5) is 24.2. The van der Waals surface area contributed by atoms with Crippen LogP contribution in [0, 0.1) is 0 Å². The molecule has 0 radical (unpaired) electrons. The molecule has 0 spiro atoms. The maximum Gasteiger partial charge on any atom is 0.238 e. The second-order valence-corrected chi connectivity index (χ2v) is 6.55. The summed E-state index contributed by atoms with van der Waals surface area (Å²) in [5, 5.41) is 5.79. The van der Waals surface area contributed by atoms with Crippen LogP contribution >= 0.6 is 11.8 Å². The van der Waals surface area contributed by atoms with Gasteiger partial charge in [-0.1, -0.05) is 13.8 Å². The average molecular weight is 322 g/mol. The number of thioether (sulfide) groups is 1. The zero-order valence-electron chi connectivity index (χ0n) is 13.1. The van der Waals surface area contributed by atoms with E-state index in [0.717, 1.165) is 22.9 Å². The molecule has 2 rings (SSSR count). The van der Waals surface area contributed by atoms with E-state index in [1.165, 1.54) is 0 Å². The number of carbonyl (C=O) groups excluding carboxylic acids is 2. The number of methoxy groups -OCH3 is 1. The van der Waals surface area contributed by atoms with E-state index >= 15 is 0 Å². The van der Waals surface area contributed by atoms with Gasteiger partial charge in [0.15, 0.2) is 5.78 Å². The van der Waals surface area contributed by atoms with Crippen molar-refractivity contribution in [1.29, 1.82) is 0 Å². The van der Waals surface area contributed by atoms with E-state index < -0.39 is 0 Å².